The second kappa shape index (κ2) is 9.67. The van der Waals surface area contributed by atoms with Gasteiger partial charge in [-0.3, -0.25) is 4.99 Å². The van der Waals surface area contributed by atoms with Crippen molar-refractivity contribution in [3.8, 4) is 0 Å². The molecule has 0 aliphatic rings. The summed E-state index contributed by atoms with van der Waals surface area (Å²) >= 11 is 0. The number of guanidine groups is 1. The van der Waals surface area contributed by atoms with Crippen LogP contribution in [0.1, 0.15) is 46.6 Å². The zero-order chi connectivity index (χ0) is 21.5. The van der Waals surface area contributed by atoms with Crippen LogP contribution in [0.2, 0.25) is 0 Å². The van der Waals surface area contributed by atoms with Gasteiger partial charge in [0.15, 0.2) is 5.96 Å². The van der Waals surface area contributed by atoms with Gasteiger partial charge in [-0.15, -0.1) is 0 Å². The first-order chi connectivity index (χ1) is 13.6. The largest absolute Gasteiger partial charge is 0.444 e. The Balaban J connectivity index is 1.73. The molecule has 4 N–H and O–H groups in total. The summed E-state index contributed by atoms with van der Waals surface area (Å²) in [7, 11) is 1.74. The van der Waals surface area contributed by atoms with Crippen molar-refractivity contribution in [2.75, 3.05) is 20.1 Å². The minimum atomic E-state index is -0.518. The highest BCUT2D eigenvalue weighted by Crippen LogP contribution is 2.18. The van der Waals surface area contributed by atoms with E-state index in [4.69, 9.17) is 4.74 Å². The zero-order valence-electron chi connectivity index (χ0n) is 18.5. The number of alkyl carbamates (subject to hydrolysis) is 1. The number of rotatable bonds is 7. The quantitative estimate of drug-likeness (QED) is 0.324. The third-order valence-corrected chi connectivity index (χ3v) is 4.35. The van der Waals surface area contributed by atoms with E-state index in [0.29, 0.717) is 12.5 Å². The second-order valence-electron chi connectivity index (χ2n) is 8.83. The van der Waals surface area contributed by atoms with Crippen molar-refractivity contribution in [2.45, 2.75) is 58.6 Å². The fourth-order valence-corrected chi connectivity index (χ4v) is 2.97. The summed E-state index contributed by atoms with van der Waals surface area (Å²) in [6.07, 6.45) is 3.63. The molecule has 0 fully saturated rings. The molecule has 29 heavy (non-hydrogen) atoms. The summed E-state index contributed by atoms with van der Waals surface area (Å²) in [4.78, 5) is 19.6. The van der Waals surface area contributed by atoms with Gasteiger partial charge in [-0.05, 0) is 59.1 Å². The maximum atomic E-state index is 12.0. The smallest absolute Gasteiger partial charge is 0.408 e. The van der Waals surface area contributed by atoms with Gasteiger partial charge < -0.3 is 25.7 Å². The second-order valence-corrected chi connectivity index (χ2v) is 8.83. The number of fused-ring (bicyclic) bond motifs is 1. The van der Waals surface area contributed by atoms with Crippen molar-refractivity contribution in [3.05, 3.63) is 36.0 Å². The lowest BCUT2D eigenvalue weighted by Gasteiger charge is -2.29. The SMILES string of the molecule is CN=C(NCCCc1c[nH]c2ccccc12)NCC(C)(C)NC(=O)OC(C)(C)C. The molecule has 0 unspecified atom stereocenters. The Labute approximate surface area is 173 Å². The molecule has 0 radical (unpaired) electrons. The van der Waals surface area contributed by atoms with Crippen molar-refractivity contribution in [2.24, 2.45) is 4.99 Å². The van der Waals surface area contributed by atoms with E-state index in [1.54, 1.807) is 7.05 Å². The number of aryl methyl sites for hydroxylation is 1. The fraction of sp³-hybridized carbons (Fsp3) is 0.545. The molecular formula is C22H35N5O2. The lowest BCUT2D eigenvalue weighted by molar-refractivity contribution is 0.0474. The number of carbonyl (C=O) groups is 1. The monoisotopic (exact) mass is 401 g/mol. The van der Waals surface area contributed by atoms with Crippen molar-refractivity contribution in [1.29, 1.82) is 0 Å². The third-order valence-electron chi connectivity index (χ3n) is 4.35. The Morgan fingerprint density at radius 2 is 1.86 bits per heavy atom. The highest BCUT2D eigenvalue weighted by molar-refractivity contribution is 5.83. The molecule has 0 saturated carbocycles. The van der Waals surface area contributed by atoms with Crippen LogP contribution in [0.5, 0.6) is 0 Å². The molecule has 0 atom stereocenters. The molecule has 0 aliphatic heterocycles. The molecule has 0 saturated heterocycles. The number of hydrogen-bond acceptors (Lipinski definition) is 3. The number of ether oxygens (including phenoxy) is 1. The summed E-state index contributed by atoms with van der Waals surface area (Å²) < 4.78 is 5.33. The number of nitrogens with zero attached hydrogens (tertiary/aromatic N) is 1. The topological polar surface area (TPSA) is 90.5 Å². The molecular weight excluding hydrogens is 366 g/mol. The van der Waals surface area contributed by atoms with Crippen LogP contribution in [-0.2, 0) is 11.2 Å². The molecule has 1 aromatic carbocycles. The van der Waals surface area contributed by atoms with Crippen LogP contribution in [-0.4, -0.2) is 48.3 Å². The number of aliphatic imine (C=N–C) groups is 1. The van der Waals surface area contributed by atoms with Gasteiger partial charge in [-0.2, -0.15) is 0 Å². The van der Waals surface area contributed by atoms with E-state index in [0.717, 1.165) is 19.4 Å². The van der Waals surface area contributed by atoms with E-state index in [2.05, 4.69) is 50.3 Å². The van der Waals surface area contributed by atoms with E-state index in [1.807, 2.05) is 40.7 Å². The van der Waals surface area contributed by atoms with E-state index in [1.165, 1.54) is 16.5 Å². The van der Waals surface area contributed by atoms with Crippen LogP contribution in [0.25, 0.3) is 10.9 Å². The summed E-state index contributed by atoms with van der Waals surface area (Å²) in [5.74, 6) is 0.711. The molecule has 2 aromatic rings. The number of aromatic nitrogens is 1. The highest BCUT2D eigenvalue weighted by Gasteiger charge is 2.24. The number of amides is 1. The Kier molecular flexibility index (Phi) is 7.53. The number of para-hydroxylation sites is 1. The molecule has 7 nitrogen and oxygen atoms in total. The summed E-state index contributed by atoms with van der Waals surface area (Å²) in [5.41, 5.74) is 1.50. The summed E-state index contributed by atoms with van der Waals surface area (Å²) in [5, 5.41) is 10.8. The Bertz CT molecular complexity index is 833. The maximum absolute atomic E-state index is 12.0. The minimum absolute atomic E-state index is 0.425. The van der Waals surface area contributed by atoms with Gasteiger partial charge in [0, 0.05) is 37.2 Å². The van der Waals surface area contributed by atoms with Crippen LogP contribution < -0.4 is 16.0 Å². The molecule has 1 aromatic heterocycles. The number of carbonyl (C=O) groups excluding carboxylic acids is 1. The Morgan fingerprint density at radius 3 is 2.55 bits per heavy atom. The van der Waals surface area contributed by atoms with Crippen LogP contribution in [0.15, 0.2) is 35.5 Å². The van der Waals surface area contributed by atoms with Gasteiger partial charge in [0.25, 0.3) is 0 Å². The van der Waals surface area contributed by atoms with E-state index < -0.39 is 17.2 Å². The number of nitrogens with one attached hydrogen (secondary N) is 4. The molecule has 0 bridgehead atoms. The van der Waals surface area contributed by atoms with Crippen LogP contribution in [0.3, 0.4) is 0 Å². The van der Waals surface area contributed by atoms with E-state index in [9.17, 15) is 4.79 Å². The highest BCUT2D eigenvalue weighted by atomic mass is 16.6. The normalized spacial score (nSPS) is 12.7. The molecule has 1 amide bonds. The van der Waals surface area contributed by atoms with Gasteiger partial charge in [0.1, 0.15) is 5.60 Å². The molecule has 7 heteroatoms. The van der Waals surface area contributed by atoms with E-state index in [-0.39, 0.29) is 0 Å². The van der Waals surface area contributed by atoms with E-state index >= 15 is 0 Å². The minimum Gasteiger partial charge on any atom is -0.444 e. The first kappa shape index (κ1) is 22.6. The first-order valence-corrected chi connectivity index (χ1v) is 10.1. The van der Waals surface area contributed by atoms with Gasteiger partial charge in [0.2, 0.25) is 0 Å². The number of hydrogen-bond donors (Lipinski definition) is 4. The Hall–Kier alpha value is -2.70. The summed E-state index contributed by atoms with van der Waals surface area (Å²) in [6.45, 7) is 10.7. The predicted octanol–water partition coefficient (Wildman–Crippen LogP) is 3.57. The molecule has 1 heterocycles. The lowest BCUT2D eigenvalue weighted by atomic mass is 10.1. The molecule has 0 spiro atoms. The summed E-state index contributed by atoms with van der Waals surface area (Å²) in [6, 6.07) is 8.35. The van der Waals surface area contributed by atoms with Gasteiger partial charge in [-0.1, -0.05) is 18.2 Å². The van der Waals surface area contributed by atoms with Gasteiger partial charge in [-0.25, -0.2) is 4.79 Å². The lowest BCUT2D eigenvalue weighted by Crippen LogP contribution is -2.54. The molecule has 160 valence electrons. The number of H-pyrrole nitrogens is 1. The number of aromatic amines is 1. The average molecular weight is 402 g/mol. The van der Waals surface area contributed by atoms with Crippen LogP contribution in [0, 0.1) is 0 Å². The van der Waals surface area contributed by atoms with Gasteiger partial charge in [0.05, 0.1) is 5.54 Å². The first-order valence-electron chi connectivity index (χ1n) is 10.1. The predicted molar refractivity (Wildman–Crippen MR) is 119 cm³/mol. The van der Waals surface area contributed by atoms with Crippen molar-refractivity contribution in [3.63, 3.8) is 0 Å². The van der Waals surface area contributed by atoms with Crippen molar-refractivity contribution < 1.29 is 9.53 Å². The number of benzene rings is 1. The van der Waals surface area contributed by atoms with Crippen LogP contribution in [0.4, 0.5) is 4.79 Å². The third kappa shape index (κ3) is 7.68. The van der Waals surface area contributed by atoms with Crippen molar-refractivity contribution >= 4 is 23.0 Å². The average Bonchev–Trinajstić information content (AvgIpc) is 3.02. The fourth-order valence-electron chi connectivity index (χ4n) is 2.97. The van der Waals surface area contributed by atoms with Crippen molar-refractivity contribution in [1.82, 2.24) is 20.9 Å². The Morgan fingerprint density at radius 1 is 1.14 bits per heavy atom. The standard InChI is InChI=1S/C22H35N5O2/c1-21(2,3)29-20(28)27-22(4,5)15-26-19(23-6)24-13-9-10-16-14-25-18-12-8-7-11-17(16)18/h7-8,11-12,14,25H,9-10,13,15H2,1-6H3,(H,27,28)(H2,23,24,26). The zero-order valence-corrected chi connectivity index (χ0v) is 18.5. The molecule has 0 aliphatic carbocycles. The maximum Gasteiger partial charge on any atom is 0.408 e. The van der Waals surface area contributed by atoms with Gasteiger partial charge >= 0.3 is 6.09 Å². The van der Waals surface area contributed by atoms with Crippen LogP contribution >= 0.6 is 0 Å². The molecule has 2 rings (SSSR count).